The monoisotopic (exact) mass is 416 g/mol. The lowest BCUT2D eigenvalue weighted by Crippen LogP contribution is -2.25. The van der Waals surface area contributed by atoms with Gasteiger partial charge < -0.3 is 10.1 Å². The van der Waals surface area contributed by atoms with Gasteiger partial charge in [-0.25, -0.2) is 15.0 Å². The maximum Gasteiger partial charge on any atom is 0.226 e. The molecular formula is C23H20N4O2S. The molecule has 0 aliphatic carbocycles. The van der Waals surface area contributed by atoms with Crippen molar-refractivity contribution < 1.29 is 9.53 Å². The van der Waals surface area contributed by atoms with Crippen LogP contribution in [-0.4, -0.2) is 20.9 Å². The largest absolute Gasteiger partial charge is 0.489 e. The second-order valence-electron chi connectivity index (χ2n) is 6.54. The van der Waals surface area contributed by atoms with Crippen LogP contribution in [0.4, 0.5) is 0 Å². The highest BCUT2D eigenvalue weighted by Crippen LogP contribution is 2.20. The average molecular weight is 417 g/mol. The van der Waals surface area contributed by atoms with E-state index in [1.165, 1.54) is 11.3 Å². The molecule has 4 aromatic rings. The molecule has 0 fully saturated rings. The molecule has 0 spiro atoms. The zero-order chi connectivity index (χ0) is 20.6. The summed E-state index contributed by atoms with van der Waals surface area (Å²) in [6.45, 7) is 0.883. The van der Waals surface area contributed by atoms with Crippen molar-refractivity contribution in [2.24, 2.45) is 0 Å². The number of nitrogens with one attached hydrogen (secondary N) is 1. The molecule has 2 aromatic carbocycles. The molecule has 0 saturated heterocycles. The summed E-state index contributed by atoms with van der Waals surface area (Å²) in [5.41, 5.74) is 2.78. The summed E-state index contributed by atoms with van der Waals surface area (Å²) in [6.07, 6.45) is 3.57. The van der Waals surface area contributed by atoms with Crippen molar-refractivity contribution in [3.63, 3.8) is 0 Å². The Morgan fingerprint density at radius 2 is 1.67 bits per heavy atom. The van der Waals surface area contributed by atoms with Crippen LogP contribution in [0.1, 0.15) is 16.8 Å². The van der Waals surface area contributed by atoms with E-state index >= 15 is 0 Å². The lowest BCUT2D eigenvalue weighted by molar-refractivity contribution is -0.120. The van der Waals surface area contributed by atoms with Crippen LogP contribution in [0.25, 0.3) is 10.8 Å². The summed E-state index contributed by atoms with van der Waals surface area (Å²) in [4.78, 5) is 25.3. The number of carbonyl (C=O) groups is 1. The number of rotatable bonds is 8. The Morgan fingerprint density at radius 1 is 0.933 bits per heavy atom. The molecule has 0 aliphatic heterocycles. The Kier molecular flexibility index (Phi) is 6.41. The van der Waals surface area contributed by atoms with E-state index in [1.807, 2.05) is 60.0 Å². The van der Waals surface area contributed by atoms with Gasteiger partial charge in [-0.1, -0.05) is 42.5 Å². The van der Waals surface area contributed by atoms with Gasteiger partial charge in [-0.3, -0.25) is 4.79 Å². The molecule has 1 amide bonds. The van der Waals surface area contributed by atoms with Gasteiger partial charge in [-0.2, -0.15) is 0 Å². The first-order valence-corrected chi connectivity index (χ1v) is 10.4. The Bertz CT molecular complexity index is 1100. The third-order valence-corrected chi connectivity index (χ3v) is 5.27. The fourth-order valence-electron chi connectivity index (χ4n) is 2.87. The van der Waals surface area contributed by atoms with Gasteiger partial charge in [0, 0.05) is 24.3 Å². The number of ether oxygens (including phenoxy) is 1. The Morgan fingerprint density at radius 3 is 2.47 bits per heavy atom. The van der Waals surface area contributed by atoms with Crippen molar-refractivity contribution in [1.82, 2.24) is 20.3 Å². The molecule has 6 nitrogen and oxygen atoms in total. The van der Waals surface area contributed by atoms with Crippen LogP contribution >= 0.6 is 11.3 Å². The second kappa shape index (κ2) is 9.76. The van der Waals surface area contributed by atoms with E-state index in [4.69, 9.17) is 4.74 Å². The molecule has 1 N–H and O–H groups in total. The molecule has 2 aromatic heterocycles. The van der Waals surface area contributed by atoms with Crippen LogP contribution < -0.4 is 10.1 Å². The molecule has 0 radical (unpaired) electrons. The van der Waals surface area contributed by atoms with Gasteiger partial charge in [0.25, 0.3) is 0 Å². The van der Waals surface area contributed by atoms with Crippen molar-refractivity contribution in [3.8, 4) is 16.6 Å². The van der Waals surface area contributed by atoms with E-state index in [0.29, 0.717) is 29.7 Å². The fourth-order valence-corrected chi connectivity index (χ4v) is 3.63. The topological polar surface area (TPSA) is 77.0 Å². The smallest absolute Gasteiger partial charge is 0.226 e. The highest BCUT2D eigenvalue weighted by Gasteiger charge is 2.11. The van der Waals surface area contributed by atoms with Crippen LogP contribution in [0.5, 0.6) is 5.75 Å². The number of amides is 1. The summed E-state index contributed by atoms with van der Waals surface area (Å²) in [5, 5.41) is 5.55. The highest BCUT2D eigenvalue weighted by atomic mass is 32.1. The van der Waals surface area contributed by atoms with Crippen molar-refractivity contribution >= 4 is 17.2 Å². The summed E-state index contributed by atoms with van der Waals surface area (Å²) in [7, 11) is 0. The standard InChI is InChI=1S/C23H20N4O2S/c28-21(13-19-16-30-23(27-19)22-24-11-6-12-25-22)26-14-17-7-4-5-8-18(17)15-29-20-9-2-1-3-10-20/h1-12,16H,13-15H2,(H,26,28). The second-order valence-corrected chi connectivity index (χ2v) is 7.40. The van der Waals surface area contributed by atoms with E-state index in [-0.39, 0.29) is 12.3 Å². The van der Waals surface area contributed by atoms with Crippen molar-refractivity contribution in [2.45, 2.75) is 19.6 Å². The minimum atomic E-state index is -0.0837. The molecule has 0 saturated carbocycles. The van der Waals surface area contributed by atoms with Gasteiger partial charge in [-0.15, -0.1) is 11.3 Å². The number of para-hydroxylation sites is 1. The molecule has 2 heterocycles. The van der Waals surface area contributed by atoms with Crippen molar-refractivity contribution in [3.05, 3.63) is 95.3 Å². The van der Waals surface area contributed by atoms with Crippen LogP contribution in [0.15, 0.2) is 78.4 Å². The zero-order valence-corrected chi connectivity index (χ0v) is 17.0. The highest BCUT2D eigenvalue weighted by molar-refractivity contribution is 7.13. The van der Waals surface area contributed by atoms with Crippen molar-refractivity contribution in [1.29, 1.82) is 0 Å². The van der Waals surface area contributed by atoms with E-state index < -0.39 is 0 Å². The van der Waals surface area contributed by atoms with Gasteiger partial charge in [-0.05, 0) is 29.3 Å². The van der Waals surface area contributed by atoms with Gasteiger partial charge in [0.1, 0.15) is 12.4 Å². The van der Waals surface area contributed by atoms with Crippen LogP contribution in [0.3, 0.4) is 0 Å². The number of thiazole rings is 1. The Balaban J connectivity index is 1.32. The molecule has 0 unspecified atom stereocenters. The van der Waals surface area contributed by atoms with Gasteiger partial charge >= 0.3 is 0 Å². The van der Waals surface area contributed by atoms with Crippen LogP contribution in [0.2, 0.25) is 0 Å². The maximum atomic E-state index is 12.4. The summed E-state index contributed by atoms with van der Waals surface area (Å²) < 4.78 is 5.85. The first-order valence-electron chi connectivity index (χ1n) is 9.51. The van der Waals surface area contributed by atoms with Crippen LogP contribution in [-0.2, 0) is 24.4 Å². The molecule has 150 valence electrons. The number of aromatic nitrogens is 3. The molecule has 7 heteroatoms. The number of hydrogen-bond donors (Lipinski definition) is 1. The number of benzene rings is 2. The molecule has 0 aliphatic rings. The normalized spacial score (nSPS) is 10.5. The third-order valence-electron chi connectivity index (χ3n) is 4.38. The molecule has 0 atom stereocenters. The molecule has 0 bridgehead atoms. The lowest BCUT2D eigenvalue weighted by Gasteiger charge is -2.12. The van der Waals surface area contributed by atoms with Gasteiger partial charge in [0.05, 0.1) is 12.1 Å². The third kappa shape index (κ3) is 5.27. The van der Waals surface area contributed by atoms with Gasteiger partial charge in [0.2, 0.25) is 5.91 Å². The molecule has 4 rings (SSSR count). The van der Waals surface area contributed by atoms with Gasteiger partial charge in [0.15, 0.2) is 10.8 Å². The summed E-state index contributed by atoms with van der Waals surface area (Å²) in [6, 6.07) is 19.4. The Labute approximate surface area is 178 Å². The quantitative estimate of drug-likeness (QED) is 0.469. The Hall–Kier alpha value is -3.58. The predicted octanol–water partition coefficient (Wildman–Crippen LogP) is 4.04. The van der Waals surface area contributed by atoms with E-state index in [2.05, 4.69) is 20.3 Å². The SMILES string of the molecule is O=C(Cc1csc(-c2ncccn2)n1)NCc1ccccc1COc1ccccc1. The number of carbonyl (C=O) groups excluding carboxylic acids is 1. The minimum Gasteiger partial charge on any atom is -0.489 e. The minimum absolute atomic E-state index is 0.0837. The first kappa shape index (κ1) is 19.7. The lowest BCUT2D eigenvalue weighted by atomic mass is 10.1. The molecular weight excluding hydrogens is 396 g/mol. The van der Waals surface area contributed by atoms with Crippen molar-refractivity contribution in [2.75, 3.05) is 0 Å². The average Bonchev–Trinajstić information content (AvgIpc) is 3.26. The van der Waals surface area contributed by atoms with E-state index in [1.54, 1.807) is 18.5 Å². The van der Waals surface area contributed by atoms with E-state index in [0.717, 1.165) is 16.9 Å². The fraction of sp³-hybridized carbons (Fsp3) is 0.130. The zero-order valence-electron chi connectivity index (χ0n) is 16.2. The predicted molar refractivity (Wildman–Crippen MR) is 116 cm³/mol. The first-order chi connectivity index (χ1) is 14.8. The number of nitrogens with zero attached hydrogens (tertiary/aromatic N) is 3. The summed E-state index contributed by atoms with van der Waals surface area (Å²) in [5.74, 6) is 1.30. The molecule has 30 heavy (non-hydrogen) atoms. The van der Waals surface area contributed by atoms with E-state index in [9.17, 15) is 4.79 Å². The number of hydrogen-bond acceptors (Lipinski definition) is 6. The maximum absolute atomic E-state index is 12.4. The van der Waals surface area contributed by atoms with Crippen LogP contribution in [0, 0.1) is 0 Å². The summed E-state index contributed by atoms with van der Waals surface area (Å²) >= 11 is 1.43.